The average molecular weight is 557 g/mol. The lowest BCUT2D eigenvalue weighted by molar-refractivity contribution is -0.153. The first-order valence-corrected chi connectivity index (χ1v) is 14.3. The van der Waals surface area contributed by atoms with Crippen molar-refractivity contribution in [1.82, 2.24) is 0 Å². The van der Waals surface area contributed by atoms with Gasteiger partial charge in [0.15, 0.2) is 0 Å². The van der Waals surface area contributed by atoms with E-state index in [4.69, 9.17) is 18.9 Å². The first-order valence-electron chi connectivity index (χ1n) is 14.3. The van der Waals surface area contributed by atoms with Crippen LogP contribution in [0.1, 0.15) is 77.6 Å². The molecule has 8 nitrogen and oxygen atoms in total. The topological polar surface area (TPSA) is 97.4 Å². The monoisotopic (exact) mass is 556 g/mol. The molecule has 5 atom stereocenters. The summed E-state index contributed by atoms with van der Waals surface area (Å²) in [6, 6.07) is 0. The molecule has 4 bridgehead atoms. The standard InChI is InChI=1S/C32H44O8/c1-23(17-30(33)36-2)11-6-4-7-13-26-14-9-5-8-12-25-15-10-16-27(38-25)21-28-18-24(20-31(34)37-3)19-29(39-28)22-32(35)40-26/h4-7,9,11,13,20,25-29H,8,10,12,14-19,21-22H2,1-3H3/b6-4-,9-5-,13-7+,23-11+,24-20-. The Morgan fingerprint density at radius 2 is 1.70 bits per heavy atom. The Balaban J connectivity index is 1.71. The summed E-state index contributed by atoms with van der Waals surface area (Å²) in [6.07, 6.45) is 22.2. The Kier molecular flexibility index (Phi) is 13.4. The summed E-state index contributed by atoms with van der Waals surface area (Å²) in [5.41, 5.74) is 1.81. The molecule has 2 saturated heterocycles. The number of cyclic esters (lactones) is 1. The molecule has 3 rings (SSSR count). The summed E-state index contributed by atoms with van der Waals surface area (Å²) < 4.78 is 28.1. The summed E-state index contributed by atoms with van der Waals surface area (Å²) in [5, 5.41) is 0. The van der Waals surface area contributed by atoms with Crippen LogP contribution in [0.25, 0.3) is 0 Å². The minimum Gasteiger partial charge on any atom is -0.469 e. The number of esters is 3. The Hall–Kier alpha value is -2.97. The van der Waals surface area contributed by atoms with Gasteiger partial charge in [-0.2, -0.15) is 0 Å². The van der Waals surface area contributed by atoms with Gasteiger partial charge in [-0.05, 0) is 57.9 Å². The number of allylic oxidation sites excluding steroid dienone is 5. The molecule has 8 heteroatoms. The van der Waals surface area contributed by atoms with Gasteiger partial charge in [0.25, 0.3) is 0 Å². The Labute approximate surface area is 238 Å². The highest BCUT2D eigenvalue weighted by Crippen LogP contribution is 2.33. The van der Waals surface area contributed by atoms with Crippen LogP contribution in [0.3, 0.4) is 0 Å². The molecule has 5 unspecified atom stereocenters. The van der Waals surface area contributed by atoms with Crippen LogP contribution < -0.4 is 0 Å². The molecule has 220 valence electrons. The highest BCUT2D eigenvalue weighted by Gasteiger charge is 2.32. The van der Waals surface area contributed by atoms with Crippen LogP contribution in [0.15, 0.2) is 59.8 Å². The van der Waals surface area contributed by atoms with Crippen LogP contribution in [0.2, 0.25) is 0 Å². The third kappa shape index (κ3) is 11.6. The quantitative estimate of drug-likeness (QED) is 0.137. The van der Waals surface area contributed by atoms with Crippen molar-refractivity contribution in [2.45, 2.75) is 108 Å². The molecule has 3 aliphatic rings. The first-order chi connectivity index (χ1) is 19.3. The van der Waals surface area contributed by atoms with Crippen molar-refractivity contribution in [3.8, 4) is 0 Å². The van der Waals surface area contributed by atoms with Crippen molar-refractivity contribution >= 4 is 17.9 Å². The molecule has 0 saturated carbocycles. The van der Waals surface area contributed by atoms with E-state index < -0.39 is 12.1 Å². The molecular weight excluding hydrogens is 512 g/mol. The molecule has 0 spiro atoms. The second kappa shape index (κ2) is 17.0. The highest BCUT2D eigenvalue weighted by atomic mass is 16.6. The smallest absolute Gasteiger partial charge is 0.330 e. The van der Waals surface area contributed by atoms with Gasteiger partial charge in [-0.25, -0.2) is 4.79 Å². The van der Waals surface area contributed by atoms with Gasteiger partial charge in [-0.15, -0.1) is 0 Å². The Bertz CT molecular complexity index is 1000. The number of hydrogen-bond donors (Lipinski definition) is 0. The van der Waals surface area contributed by atoms with E-state index in [1.54, 1.807) is 0 Å². The average Bonchev–Trinajstić information content (AvgIpc) is 2.91. The van der Waals surface area contributed by atoms with E-state index >= 15 is 0 Å². The molecular formula is C32H44O8. The van der Waals surface area contributed by atoms with E-state index in [2.05, 4.69) is 16.9 Å². The van der Waals surface area contributed by atoms with Gasteiger partial charge in [0.05, 0.1) is 51.5 Å². The molecule has 2 fully saturated rings. The molecule has 40 heavy (non-hydrogen) atoms. The van der Waals surface area contributed by atoms with Gasteiger partial charge in [0, 0.05) is 18.9 Å². The minimum atomic E-state index is -0.429. The number of rotatable bonds is 6. The normalized spacial score (nSPS) is 30.7. The second-order valence-electron chi connectivity index (χ2n) is 10.7. The zero-order chi connectivity index (χ0) is 28.7. The van der Waals surface area contributed by atoms with E-state index in [1.807, 2.05) is 37.3 Å². The van der Waals surface area contributed by atoms with Gasteiger partial charge in [0.2, 0.25) is 0 Å². The fourth-order valence-corrected chi connectivity index (χ4v) is 5.33. The Morgan fingerprint density at radius 1 is 0.925 bits per heavy atom. The maximum Gasteiger partial charge on any atom is 0.330 e. The molecule has 3 heterocycles. The van der Waals surface area contributed by atoms with Crippen molar-refractivity contribution in [2.24, 2.45) is 0 Å². The predicted octanol–water partition coefficient (Wildman–Crippen LogP) is 5.63. The zero-order valence-corrected chi connectivity index (χ0v) is 24.0. The van der Waals surface area contributed by atoms with Crippen LogP contribution >= 0.6 is 0 Å². The van der Waals surface area contributed by atoms with Crippen molar-refractivity contribution < 1.29 is 38.1 Å². The van der Waals surface area contributed by atoms with Crippen molar-refractivity contribution in [3.05, 3.63) is 59.8 Å². The van der Waals surface area contributed by atoms with Crippen LogP contribution in [0.5, 0.6) is 0 Å². The van der Waals surface area contributed by atoms with Gasteiger partial charge in [-0.1, -0.05) is 47.6 Å². The minimum absolute atomic E-state index is 0.0997. The molecule has 0 radical (unpaired) electrons. The Morgan fingerprint density at radius 3 is 2.50 bits per heavy atom. The van der Waals surface area contributed by atoms with Crippen LogP contribution in [-0.2, 0) is 38.1 Å². The van der Waals surface area contributed by atoms with E-state index in [1.165, 1.54) is 20.3 Å². The number of fused-ring (bicyclic) bond motifs is 4. The molecule has 0 aromatic rings. The van der Waals surface area contributed by atoms with E-state index in [0.717, 1.165) is 49.7 Å². The van der Waals surface area contributed by atoms with Gasteiger partial charge < -0.3 is 23.7 Å². The molecule has 0 aromatic heterocycles. The number of hydrogen-bond acceptors (Lipinski definition) is 8. The van der Waals surface area contributed by atoms with Gasteiger partial charge >= 0.3 is 17.9 Å². The van der Waals surface area contributed by atoms with Crippen molar-refractivity contribution in [2.75, 3.05) is 14.2 Å². The molecule has 0 aliphatic carbocycles. The summed E-state index contributed by atoms with van der Waals surface area (Å²) in [5.74, 6) is -1.02. The summed E-state index contributed by atoms with van der Waals surface area (Å²) in [6.45, 7) is 1.86. The van der Waals surface area contributed by atoms with E-state index in [0.29, 0.717) is 19.3 Å². The van der Waals surface area contributed by atoms with Crippen LogP contribution in [-0.4, -0.2) is 62.6 Å². The van der Waals surface area contributed by atoms with Crippen LogP contribution in [0.4, 0.5) is 0 Å². The molecule has 0 N–H and O–H groups in total. The SMILES string of the molecule is COC(=O)/C=C1\CC2CC(=O)OC(/C=C/C=C\C=C(/C)CC(=O)OC)C/C=C\CCC3CCCC(CC(C1)O2)O3. The number of carbonyl (C=O) groups excluding carboxylic acids is 3. The summed E-state index contributed by atoms with van der Waals surface area (Å²) >= 11 is 0. The summed E-state index contributed by atoms with van der Waals surface area (Å²) in [4.78, 5) is 36.3. The zero-order valence-electron chi connectivity index (χ0n) is 24.0. The molecule has 0 aromatic carbocycles. The number of methoxy groups -OCH3 is 2. The number of ether oxygens (including phenoxy) is 5. The maximum atomic E-state index is 13.0. The maximum absolute atomic E-state index is 13.0. The highest BCUT2D eigenvalue weighted by molar-refractivity contribution is 5.82. The lowest BCUT2D eigenvalue weighted by atomic mass is 9.90. The fourth-order valence-electron chi connectivity index (χ4n) is 5.33. The molecule has 3 aliphatic heterocycles. The largest absolute Gasteiger partial charge is 0.469 e. The fraction of sp³-hybridized carbons (Fsp3) is 0.594. The van der Waals surface area contributed by atoms with Gasteiger partial charge in [0.1, 0.15) is 6.10 Å². The number of carbonyl (C=O) groups is 3. The van der Waals surface area contributed by atoms with Crippen molar-refractivity contribution in [3.63, 3.8) is 0 Å². The third-order valence-electron chi connectivity index (χ3n) is 7.30. The first kappa shape index (κ1) is 31.6. The second-order valence-corrected chi connectivity index (χ2v) is 10.7. The van der Waals surface area contributed by atoms with Crippen molar-refractivity contribution in [1.29, 1.82) is 0 Å². The third-order valence-corrected chi connectivity index (χ3v) is 7.30. The van der Waals surface area contributed by atoms with Gasteiger partial charge in [-0.3, -0.25) is 9.59 Å². The van der Waals surface area contributed by atoms with Crippen LogP contribution in [0, 0.1) is 0 Å². The predicted molar refractivity (Wildman–Crippen MR) is 151 cm³/mol. The van der Waals surface area contributed by atoms with E-state index in [-0.39, 0.29) is 49.2 Å². The lowest BCUT2D eigenvalue weighted by Gasteiger charge is -2.36. The molecule has 0 amide bonds. The lowest BCUT2D eigenvalue weighted by Crippen LogP contribution is -2.37. The van der Waals surface area contributed by atoms with E-state index in [9.17, 15) is 14.4 Å². The summed E-state index contributed by atoms with van der Waals surface area (Å²) in [7, 11) is 2.73.